The molecule has 0 amide bonds. The second-order valence-electron chi connectivity index (χ2n) is 0.287. The van der Waals surface area contributed by atoms with Crippen molar-refractivity contribution in [2.45, 2.75) is 0 Å². The van der Waals surface area contributed by atoms with Crippen LogP contribution in [0.4, 0.5) is 0 Å². The Labute approximate surface area is 23.5 Å². The highest BCUT2D eigenvalue weighted by Crippen LogP contribution is 1.24. The molecule has 0 fully saturated rings. The van der Waals surface area contributed by atoms with E-state index in [0.29, 0.717) is 0 Å². The summed E-state index contributed by atoms with van der Waals surface area (Å²) in [6.07, 6.45) is 0. The lowest BCUT2D eigenvalue weighted by molar-refractivity contribution is 1.09. The molecule has 0 heterocycles. The van der Waals surface area contributed by atoms with Gasteiger partial charge in [-0.15, -0.1) is 0 Å². The van der Waals surface area contributed by atoms with Gasteiger partial charge in [0, 0.05) is 5.48 Å². The Balaban J connectivity index is 2.30. The Morgan fingerprint density at radius 1 is 2.00 bits per heavy atom. The lowest BCUT2D eigenvalue weighted by Crippen LogP contribution is -1.90. The van der Waals surface area contributed by atoms with Crippen molar-refractivity contribution in [3.05, 3.63) is 9.66 Å². The molecule has 24 valence electrons. The normalized spacial score (nSPS) is 5.25. The lowest BCUT2D eigenvalue weighted by atomic mass is 11.6. The number of hydroxylamine groups is 1. The summed E-state index contributed by atoms with van der Waals surface area (Å²) < 4.78 is 3.04. The van der Waals surface area contributed by atoms with E-state index < -0.39 is 0 Å². The second kappa shape index (κ2) is 2.40. The maximum absolute atomic E-state index is 8.69. The monoisotopic (exact) mass is 62.0 g/mol. The number of rotatable bonds is 1. The van der Waals surface area contributed by atoms with Gasteiger partial charge in [0.1, 0.15) is 0 Å². The van der Waals surface area contributed by atoms with Crippen LogP contribution in [0.2, 0.25) is 0 Å². The highest BCUT2D eigenvalue weighted by Gasteiger charge is 1.62. The van der Waals surface area contributed by atoms with Crippen LogP contribution >= 0.6 is 0 Å². The average Bonchev–Trinajstić information content (AvgIpc) is 1.37. The van der Waals surface area contributed by atoms with E-state index in [-0.39, 0.29) is 0 Å². The zero-order valence-electron chi connectivity index (χ0n) is 2.32. The third-order valence-corrected chi connectivity index (χ3v) is 0.0833. The largest absolute Gasteiger partial charge is 0.249 e. The van der Waals surface area contributed by atoms with Crippen LogP contribution in [-0.2, 0) is 0 Å². The molecule has 1 N–H and O–H groups in total. The maximum atomic E-state index is 8.69. The summed E-state index contributed by atoms with van der Waals surface area (Å²) in [5.74, 6) is 0. The second-order valence-corrected chi connectivity index (χ2v) is 0.287. The molecule has 0 atom stereocenters. The van der Waals surface area contributed by atoms with Gasteiger partial charge in [-0.05, 0) is 0 Å². The molecule has 0 spiro atoms. The predicted molar refractivity (Wildman–Crippen MR) is 15.8 cm³/mol. The van der Waals surface area contributed by atoms with Gasteiger partial charge in [0.05, 0.1) is 7.05 Å². The van der Waals surface area contributed by atoms with Gasteiger partial charge in [-0.25, -0.2) is 0 Å². The van der Waals surface area contributed by atoms with E-state index in [4.69, 9.17) is 4.96 Å². The van der Waals surface area contributed by atoms with Gasteiger partial charge in [0.25, 0.3) is 0 Å². The van der Waals surface area contributed by atoms with Gasteiger partial charge in [0.2, 0.25) is 9.66 Å². The van der Waals surface area contributed by atoms with Crippen molar-refractivity contribution in [1.82, 2.24) is 5.48 Å². The number of hydrogen-bond acceptors (Lipinski definition) is 1. The van der Waals surface area contributed by atoms with Gasteiger partial charge >= 0.3 is 0 Å². The van der Waals surface area contributed by atoms with Crippen molar-refractivity contribution in [2.24, 2.45) is 0 Å². The smallest absolute Gasteiger partial charge is 0.00440 e. The first-order valence-electron chi connectivity index (χ1n) is 0.871. The van der Waals surface area contributed by atoms with Gasteiger partial charge in [-0.3, -0.25) is 0 Å². The molecule has 0 aliphatic carbocycles. The molecule has 0 saturated heterocycles. The molecule has 3 nitrogen and oxygen atoms in total. The highest BCUT2D eigenvalue weighted by atomic mass is 16.9. The molecule has 0 aromatic carbocycles. The minimum Gasteiger partial charge on any atom is 0.00440 e. The number of nitrogens with one attached hydrogen (secondary N) is 1. The van der Waals surface area contributed by atoms with Crippen LogP contribution in [0.25, 0.3) is 0 Å². The molecule has 0 rings (SSSR count). The molecule has 0 aliphatic heterocycles. The van der Waals surface area contributed by atoms with Crippen LogP contribution in [0.3, 0.4) is 0 Å². The van der Waals surface area contributed by atoms with Gasteiger partial charge in [-0.1, -0.05) is 0 Å². The van der Waals surface area contributed by atoms with Gasteiger partial charge < -0.3 is 0 Å². The zero-order valence-corrected chi connectivity index (χ0v) is 2.32. The fraction of sp³-hybridized carbons (Fsp3) is 1.00. The topological polar surface area (TPSA) is 40.4 Å². The molecule has 0 aliphatic rings. The standard InChI is InChI=1S/CH4NO2/c1-2-4-3/h2H,1H3/q+1. The van der Waals surface area contributed by atoms with Crippen LogP contribution in [0.1, 0.15) is 0 Å². The van der Waals surface area contributed by atoms with Crippen LogP contribution in [0.5, 0.6) is 0 Å². The maximum Gasteiger partial charge on any atom is 0.249 e. The van der Waals surface area contributed by atoms with Crippen LogP contribution in [-0.4, -0.2) is 7.05 Å². The van der Waals surface area contributed by atoms with E-state index >= 15 is 0 Å². The molecule has 4 heavy (non-hydrogen) atoms. The SMILES string of the molecule is CN[O+]=O. The first-order chi connectivity index (χ1) is 1.91. The van der Waals surface area contributed by atoms with E-state index in [1.54, 1.807) is 0 Å². The van der Waals surface area contributed by atoms with Crippen molar-refractivity contribution in [2.75, 3.05) is 7.05 Å². The van der Waals surface area contributed by atoms with Crippen LogP contribution in [0, 0.1) is 9.66 Å². The Morgan fingerprint density at radius 2 is 2.25 bits per heavy atom. The van der Waals surface area contributed by atoms with Crippen molar-refractivity contribution in [1.29, 1.82) is 0 Å². The quantitative estimate of drug-likeness (QED) is 0.335. The van der Waals surface area contributed by atoms with E-state index in [9.17, 15) is 0 Å². The molecular weight excluding hydrogens is 58.0 g/mol. The average molecular weight is 62.0 g/mol. The molecule has 0 bridgehead atoms. The fourth-order valence-corrected chi connectivity index (χ4v) is 0. The highest BCUT2D eigenvalue weighted by molar-refractivity contribution is 4.44. The van der Waals surface area contributed by atoms with Crippen LogP contribution in [0.15, 0.2) is 0 Å². The summed E-state index contributed by atoms with van der Waals surface area (Å²) in [6, 6.07) is 0. The Morgan fingerprint density at radius 3 is 2.25 bits per heavy atom. The summed E-state index contributed by atoms with van der Waals surface area (Å²) in [6.45, 7) is 0. The van der Waals surface area contributed by atoms with Crippen molar-refractivity contribution < 1.29 is 0 Å². The van der Waals surface area contributed by atoms with Crippen molar-refractivity contribution in [3.8, 4) is 0 Å². The van der Waals surface area contributed by atoms with Crippen LogP contribution < -0.4 is 5.48 Å². The lowest BCUT2D eigenvalue weighted by Gasteiger charge is -1.41. The van der Waals surface area contributed by atoms with E-state index in [1.807, 2.05) is 5.48 Å². The Hall–Kier alpha value is -0.600. The first-order valence-corrected chi connectivity index (χ1v) is 0.871. The van der Waals surface area contributed by atoms with E-state index in [0.717, 1.165) is 0 Å². The summed E-state index contributed by atoms with van der Waals surface area (Å²) in [4.78, 5) is 8.69. The summed E-state index contributed by atoms with van der Waals surface area (Å²) in [5.41, 5.74) is 1.88. The number of hydrogen-bond donors (Lipinski definition) is 1. The third kappa shape index (κ3) is 1.40. The molecule has 0 radical (unpaired) electrons. The minimum atomic E-state index is 1.40. The van der Waals surface area contributed by atoms with Crippen molar-refractivity contribution >= 4 is 0 Å². The summed E-state index contributed by atoms with van der Waals surface area (Å²) in [5, 5.41) is 0. The van der Waals surface area contributed by atoms with Gasteiger partial charge in [0.15, 0.2) is 0 Å². The molecular formula is CH4NO2+. The molecule has 0 unspecified atom stereocenters. The molecule has 0 aromatic heterocycles. The fourth-order valence-electron chi connectivity index (χ4n) is 0. The summed E-state index contributed by atoms with van der Waals surface area (Å²) >= 11 is 0. The predicted octanol–water partition coefficient (Wildman–Crippen LogP) is -0.263. The third-order valence-electron chi connectivity index (χ3n) is 0.0833. The molecule has 3 heteroatoms. The van der Waals surface area contributed by atoms with Crippen molar-refractivity contribution in [3.63, 3.8) is 0 Å². The van der Waals surface area contributed by atoms with E-state index in [2.05, 4.69) is 4.70 Å². The Kier molecular flexibility index (Phi) is 2.04. The van der Waals surface area contributed by atoms with E-state index in [1.165, 1.54) is 7.05 Å². The molecule has 0 aromatic rings. The first kappa shape index (κ1) is 3.40. The zero-order chi connectivity index (χ0) is 3.41. The Bertz CT molecular complexity index is 20.0. The minimum absolute atomic E-state index is 1.40. The van der Waals surface area contributed by atoms with Gasteiger partial charge in [-0.2, -0.15) is 0 Å². The summed E-state index contributed by atoms with van der Waals surface area (Å²) in [7, 11) is 1.40. The molecule has 0 saturated carbocycles.